The topological polar surface area (TPSA) is 63.4 Å². The maximum atomic E-state index is 13.6. The van der Waals surface area contributed by atoms with Gasteiger partial charge in [-0.3, -0.25) is 4.79 Å². The van der Waals surface area contributed by atoms with Crippen molar-refractivity contribution in [1.82, 2.24) is 0 Å². The van der Waals surface area contributed by atoms with Crippen molar-refractivity contribution in [2.75, 3.05) is 4.90 Å². The highest BCUT2D eigenvalue weighted by Gasteiger charge is 2.27. The highest BCUT2D eigenvalue weighted by atomic mass is 19.1. The molecule has 0 aromatic heterocycles. The molecule has 3 amide bonds. The molecular weight excluding hydrogens is 285 g/mol. The lowest BCUT2D eigenvalue weighted by molar-refractivity contribution is 0.0987. The molecule has 108 valence electrons. The molecule has 0 fully saturated rings. The standard InChI is InChI=1S/C14H9F3N2O2/c15-8-4-6-9(7-5-8)19(14(18)21)13(20)12-10(16)2-1-3-11(12)17/h1-7H,(H2,18,21). The first-order valence-electron chi connectivity index (χ1n) is 5.75. The predicted molar refractivity (Wildman–Crippen MR) is 69.2 cm³/mol. The lowest BCUT2D eigenvalue weighted by atomic mass is 10.1. The van der Waals surface area contributed by atoms with E-state index in [9.17, 15) is 22.8 Å². The van der Waals surface area contributed by atoms with Gasteiger partial charge in [0.1, 0.15) is 23.0 Å². The summed E-state index contributed by atoms with van der Waals surface area (Å²) in [5.41, 5.74) is 4.06. The van der Waals surface area contributed by atoms with Crippen LogP contribution in [-0.2, 0) is 0 Å². The Morgan fingerprint density at radius 2 is 1.43 bits per heavy atom. The van der Waals surface area contributed by atoms with Gasteiger partial charge in [-0.1, -0.05) is 6.07 Å². The number of anilines is 1. The van der Waals surface area contributed by atoms with Crippen LogP contribution in [0.5, 0.6) is 0 Å². The molecule has 0 bridgehead atoms. The normalized spacial score (nSPS) is 10.2. The third-order valence-corrected chi connectivity index (χ3v) is 2.68. The van der Waals surface area contributed by atoms with E-state index in [1.54, 1.807) is 0 Å². The molecular formula is C14H9F3N2O2. The summed E-state index contributed by atoms with van der Waals surface area (Å²) in [6.07, 6.45) is 0. The number of carbonyl (C=O) groups excluding carboxylic acids is 2. The van der Waals surface area contributed by atoms with Crippen LogP contribution < -0.4 is 10.6 Å². The van der Waals surface area contributed by atoms with Gasteiger partial charge >= 0.3 is 6.03 Å². The van der Waals surface area contributed by atoms with Gasteiger partial charge in [-0.2, -0.15) is 0 Å². The van der Waals surface area contributed by atoms with E-state index in [1.807, 2.05) is 0 Å². The lowest BCUT2D eigenvalue weighted by Crippen LogP contribution is -2.41. The number of amides is 3. The molecule has 0 radical (unpaired) electrons. The van der Waals surface area contributed by atoms with Crippen LogP contribution in [0.2, 0.25) is 0 Å². The molecule has 0 heterocycles. The number of hydrogen-bond acceptors (Lipinski definition) is 2. The molecule has 0 atom stereocenters. The monoisotopic (exact) mass is 294 g/mol. The number of halogens is 3. The molecule has 2 aromatic carbocycles. The number of primary amides is 1. The second kappa shape index (κ2) is 5.66. The third kappa shape index (κ3) is 2.86. The number of benzene rings is 2. The maximum absolute atomic E-state index is 13.6. The van der Waals surface area contributed by atoms with Gasteiger partial charge in [-0.05, 0) is 36.4 Å². The fourth-order valence-electron chi connectivity index (χ4n) is 1.75. The molecule has 0 aliphatic rings. The van der Waals surface area contributed by atoms with Crippen LogP contribution in [0, 0.1) is 17.5 Å². The second-order valence-electron chi connectivity index (χ2n) is 4.05. The van der Waals surface area contributed by atoms with E-state index in [0.717, 1.165) is 42.5 Å². The first kappa shape index (κ1) is 14.6. The van der Waals surface area contributed by atoms with E-state index >= 15 is 0 Å². The van der Waals surface area contributed by atoms with E-state index in [0.29, 0.717) is 4.90 Å². The summed E-state index contributed by atoms with van der Waals surface area (Å²) in [6.45, 7) is 0. The zero-order valence-corrected chi connectivity index (χ0v) is 10.5. The Labute approximate surface area is 117 Å². The smallest absolute Gasteiger partial charge is 0.326 e. The van der Waals surface area contributed by atoms with Crippen molar-refractivity contribution in [1.29, 1.82) is 0 Å². The van der Waals surface area contributed by atoms with Crippen molar-refractivity contribution >= 4 is 17.6 Å². The Hall–Kier alpha value is -2.83. The number of rotatable bonds is 2. The Kier molecular flexibility index (Phi) is 3.93. The van der Waals surface area contributed by atoms with Gasteiger partial charge in [-0.25, -0.2) is 22.9 Å². The average molecular weight is 294 g/mol. The summed E-state index contributed by atoms with van der Waals surface area (Å²) in [4.78, 5) is 23.9. The van der Waals surface area contributed by atoms with E-state index < -0.39 is 35.0 Å². The summed E-state index contributed by atoms with van der Waals surface area (Å²) in [5.74, 6) is -4.14. The molecule has 2 rings (SSSR count). The van der Waals surface area contributed by atoms with Crippen LogP contribution in [0.1, 0.15) is 10.4 Å². The Morgan fingerprint density at radius 3 is 1.90 bits per heavy atom. The Morgan fingerprint density at radius 1 is 0.905 bits per heavy atom. The predicted octanol–water partition coefficient (Wildman–Crippen LogP) is 2.83. The highest BCUT2D eigenvalue weighted by Crippen LogP contribution is 2.21. The number of nitrogens with two attached hydrogens (primary N) is 1. The molecule has 2 aromatic rings. The zero-order valence-electron chi connectivity index (χ0n) is 10.5. The molecule has 0 aliphatic heterocycles. The molecule has 2 N–H and O–H groups in total. The molecule has 21 heavy (non-hydrogen) atoms. The highest BCUT2D eigenvalue weighted by molar-refractivity contribution is 6.20. The largest absolute Gasteiger partial charge is 0.351 e. The third-order valence-electron chi connectivity index (χ3n) is 2.68. The minimum absolute atomic E-state index is 0.100. The first-order valence-corrected chi connectivity index (χ1v) is 5.75. The van der Waals surface area contributed by atoms with Crippen LogP contribution in [0.4, 0.5) is 23.7 Å². The van der Waals surface area contributed by atoms with Crippen molar-refractivity contribution in [3.8, 4) is 0 Å². The summed E-state index contributed by atoms with van der Waals surface area (Å²) in [7, 11) is 0. The van der Waals surface area contributed by atoms with Crippen LogP contribution in [0.15, 0.2) is 42.5 Å². The minimum atomic E-state index is -1.27. The quantitative estimate of drug-likeness (QED) is 0.925. The fraction of sp³-hybridized carbons (Fsp3) is 0. The van der Waals surface area contributed by atoms with Crippen molar-refractivity contribution in [3.63, 3.8) is 0 Å². The van der Waals surface area contributed by atoms with Crippen molar-refractivity contribution in [2.24, 2.45) is 5.73 Å². The van der Waals surface area contributed by atoms with Gasteiger partial charge in [0.25, 0.3) is 5.91 Å². The van der Waals surface area contributed by atoms with Gasteiger partial charge in [0.15, 0.2) is 0 Å². The van der Waals surface area contributed by atoms with Crippen molar-refractivity contribution in [3.05, 3.63) is 65.5 Å². The molecule has 0 spiro atoms. The van der Waals surface area contributed by atoms with Crippen LogP contribution >= 0.6 is 0 Å². The molecule has 0 saturated carbocycles. The average Bonchev–Trinajstić information content (AvgIpc) is 2.40. The summed E-state index contributed by atoms with van der Waals surface area (Å²) in [6, 6.07) is 5.74. The number of imide groups is 1. The Balaban J connectivity index is 2.51. The zero-order chi connectivity index (χ0) is 15.6. The number of nitrogens with zero attached hydrogens (tertiary/aromatic N) is 1. The van der Waals surface area contributed by atoms with Gasteiger partial charge in [0, 0.05) is 0 Å². The molecule has 4 nitrogen and oxygen atoms in total. The molecule has 0 aliphatic carbocycles. The van der Waals surface area contributed by atoms with Crippen molar-refractivity contribution < 1.29 is 22.8 Å². The van der Waals surface area contributed by atoms with Crippen LogP contribution in [-0.4, -0.2) is 11.9 Å². The number of hydrogen-bond donors (Lipinski definition) is 1. The van der Waals surface area contributed by atoms with Crippen molar-refractivity contribution in [2.45, 2.75) is 0 Å². The Bertz CT molecular complexity index is 682. The van der Waals surface area contributed by atoms with Crippen LogP contribution in [0.3, 0.4) is 0 Å². The molecule has 0 saturated heterocycles. The summed E-state index contributed by atoms with van der Waals surface area (Å²) in [5, 5.41) is 0. The van der Waals surface area contributed by atoms with E-state index in [1.165, 1.54) is 0 Å². The van der Waals surface area contributed by atoms with Gasteiger partial charge in [-0.15, -0.1) is 0 Å². The van der Waals surface area contributed by atoms with Gasteiger partial charge < -0.3 is 5.73 Å². The second-order valence-corrected chi connectivity index (χ2v) is 4.05. The van der Waals surface area contributed by atoms with E-state index in [-0.39, 0.29) is 5.69 Å². The first-order chi connectivity index (χ1) is 9.91. The molecule has 7 heteroatoms. The van der Waals surface area contributed by atoms with Gasteiger partial charge in [0.2, 0.25) is 0 Å². The number of carbonyl (C=O) groups is 2. The van der Waals surface area contributed by atoms with Crippen LogP contribution in [0.25, 0.3) is 0 Å². The van der Waals surface area contributed by atoms with E-state index in [4.69, 9.17) is 5.73 Å². The number of urea groups is 1. The summed E-state index contributed by atoms with van der Waals surface area (Å²) < 4.78 is 40.1. The lowest BCUT2D eigenvalue weighted by Gasteiger charge is -2.19. The summed E-state index contributed by atoms with van der Waals surface area (Å²) >= 11 is 0. The fourth-order valence-corrected chi connectivity index (χ4v) is 1.75. The maximum Gasteiger partial charge on any atom is 0.326 e. The van der Waals surface area contributed by atoms with E-state index in [2.05, 4.69) is 0 Å². The minimum Gasteiger partial charge on any atom is -0.351 e. The molecule has 0 unspecified atom stereocenters. The SMILES string of the molecule is NC(=O)N(C(=O)c1c(F)cccc1F)c1ccc(F)cc1. The van der Waals surface area contributed by atoms with Gasteiger partial charge in [0.05, 0.1) is 5.69 Å².